The number of aliphatic hydroxyl groups is 1. The van der Waals surface area contributed by atoms with Crippen LogP contribution in [0.15, 0.2) is 18.2 Å². The minimum atomic E-state index is -0.166. The first-order valence-electron chi connectivity index (χ1n) is 6.47. The highest BCUT2D eigenvalue weighted by Crippen LogP contribution is 2.39. The molecule has 0 bridgehead atoms. The zero-order valence-electron chi connectivity index (χ0n) is 11.4. The van der Waals surface area contributed by atoms with Gasteiger partial charge in [0.1, 0.15) is 5.75 Å². The van der Waals surface area contributed by atoms with Crippen molar-refractivity contribution in [1.29, 1.82) is 0 Å². The van der Waals surface area contributed by atoms with E-state index in [-0.39, 0.29) is 18.1 Å². The second-order valence-electron chi connectivity index (χ2n) is 5.28. The highest BCUT2D eigenvalue weighted by molar-refractivity contribution is 5.38. The molecule has 0 radical (unpaired) electrons. The van der Waals surface area contributed by atoms with E-state index in [0.717, 1.165) is 30.8 Å². The average Bonchev–Trinajstić information content (AvgIpc) is 2.72. The average molecular weight is 250 g/mol. The molecule has 1 heterocycles. The van der Waals surface area contributed by atoms with Gasteiger partial charge in [0, 0.05) is 12.0 Å². The van der Waals surface area contributed by atoms with E-state index in [4.69, 9.17) is 9.47 Å². The molecule has 1 aromatic carbocycles. The van der Waals surface area contributed by atoms with E-state index in [2.05, 4.69) is 13.0 Å². The highest BCUT2D eigenvalue weighted by atomic mass is 16.5. The maximum absolute atomic E-state index is 9.76. The zero-order chi connectivity index (χ0) is 13.2. The second kappa shape index (κ2) is 5.29. The van der Waals surface area contributed by atoms with Crippen LogP contribution in [0.2, 0.25) is 0 Å². The number of benzene rings is 1. The van der Waals surface area contributed by atoms with Crippen molar-refractivity contribution in [2.24, 2.45) is 5.41 Å². The summed E-state index contributed by atoms with van der Waals surface area (Å²) >= 11 is 0. The predicted molar refractivity (Wildman–Crippen MR) is 71.0 cm³/mol. The Labute approximate surface area is 109 Å². The molecule has 0 amide bonds. The molecule has 0 saturated carbocycles. The van der Waals surface area contributed by atoms with Gasteiger partial charge in [-0.2, -0.15) is 0 Å². The maximum Gasteiger partial charge on any atom is 0.122 e. The molecule has 18 heavy (non-hydrogen) atoms. The van der Waals surface area contributed by atoms with Crippen molar-refractivity contribution in [2.75, 3.05) is 20.3 Å². The quantitative estimate of drug-likeness (QED) is 0.891. The fraction of sp³-hybridized carbons (Fsp3) is 0.600. The Morgan fingerprint density at radius 2 is 2.28 bits per heavy atom. The van der Waals surface area contributed by atoms with Crippen LogP contribution >= 0.6 is 0 Å². The van der Waals surface area contributed by atoms with Crippen molar-refractivity contribution >= 4 is 0 Å². The Bertz CT molecular complexity index is 416. The molecule has 2 unspecified atom stereocenters. The third kappa shape index (κ3) is 2.38. The lowest BCUT2D eigenvalue weighted by molar-refractivity contribution is 0.0269. The van der Waals surface area contributed by atoms with E-state index in [1.54, 1.807) is 7.11 Å². The molecule has 1 aliphatic rings. The third-order valence-corrected chi connectivity index (χ3v) is 4.12. The molecular formula is C15H22O3. The molecule has 2 atom stereocenters. The minimum absolute atomic E-state index is 0.0905. The van der Waals surface area contributed by atoms with Crippen LogP contribution in [0, 0.1) is 12.3 Å². The largest absolute Gasteiger partial charge is 0.496 e. The molecule has 2 rings (SSSR count). The van der Waals surface area contributed by atoms with Crippen LogP contribution in [0.5, 0.6) is 5.75 Å². The Kier molecular flexibility index (Phi) is 3.93. The van der Waals surface area contributed by atoms with Gasteiger partial charge in [0.25, 0.3) is 0 Å². The van der Waals surface area contributed by atoms with E-state index in [9.17, 15) is 5.11 Å². The first kappa shape index (κ1) is 13.4. The maximum atomic E-state index is 9.76. The van der Waals surface area contributed by atoms with Gasteiger partial charge < -0.3 is 14.6 Å². The van der Waals surface area contributed by atoms with Gasteiger partial charge in [-0.25, -0.2) is 0 Å². The Balaban J connectivity index is 2.29. The summed E-state index contributed by atoms with van der Waals surface area (Å²) in [7, 11) is 1.69. The molecule has 1 N–H and O–H groups in total. The molecular weight excluding hydrogens is 228 g/mol. The molecule has 1 aliphatic heterocycles. The van der Waals surface area contributed by atoms with E-state index in [1.807, 2.05) is 19.1 Å². The molecule has 1 aromatic rings. The first-order chi connectivity index (χ1) is 8.61. The van der Waals surface area contributed by atoms with Gasteiger partial charge in [-0.15, -0.1) is 0 Å². The SMILES string of the molecule is COc1ccc(C)cc1CC1(CO)CCOC1C. The van der Waals surface area contributed by atoms with Gasteiger partial charge in [-0.05, 0) is 38.3 Å². The van der Waals surface area contributed by atoms with Crippen LogP contribution in [0.4, 0.5) is 0 Å². The summed E-state index contributed by atoms with van der Waals surface area (Å²) in [5.41, 5.74) is 2.20. The first-order valence-corrected chi connectivity index (χ1v) is 6.47. The van der Waals surface area contributed by atoms with Crippen molar-refractivity contribution in [2.45, 2.75) is 32.8 Å². The summed E-state index contributed by atoms with van der Waals surface area (Å²) < 4.78 is 11.0. The lowest BCUT2D eigenvalue weighted by Gasteiger charge is -2.30. The number of hydrogen-bond donors (Lipinski definition) is 1. The van der Waals surface area contributed by atoms with Gasteiger partial charge in [0.15, 0.2) is 0 Å². The second-order valence-corrected chi connectivity index (χ2v) is 5.28. The molecule has 100 valence electrons. The van der Waals surface area contributed by atoms with Crippen LogP contribution in [-0.2, 0) is 11.2 Å². The van der Waals surface area contributed by atoms with Crippen molar-refractivity contribution < 1.29 is 14.6 Å². The minimum Gasteiger partial charge on any atom is -0.496 e. The fourth-order valence-corrected chi connectivity index (χ4v) is 2.74. The molecule has 1 fully saturated rings. The number of aliphatic hydroxyl groups excluding tert-OH is 1. The topological polar surface area (TPSA) is 38.7 Å². The molecule has 0 aromatic heterocycles. The van der Waals surface area contributed by atoms with E-state index < -0.39 is 0 Å². The van der Waals surface area contributed by atoms with Gasteiger partial charge in [-0.1, -0.05) is 17.7 Å². The van der Waals surface area contributed by atoms with Crippen molar-refractivity contribution in [3.63, 3.8) is 0 Å². The summed E-state index contributed by atoms with van der Waals surface area (Å²) in [5.74, 6) is 0.896. The standard InChI is InChI=1S/C15H22O3/c1-11-4-5-14(17-3)13(8-11)9-15(10-16)6-7-18-12(15)2/h4-5,8,12,16H,6-7,9-10H2,1-3H3. The van der Waals surface area contributed by atoms with Crippen molar-refractivity contribution in [3.8, 4) is 5.75 Å². The lowest BCUT2D eigenvalue weighted by atomic mass is 9.76. The highest BCUT2D eigenvalue weighted by Gasteiger charge is 2.41. The van der Waals surface area contributed by atoms with Crippen LogP contribution in [0.3, 0.4) is 0 Å². The van der Waals surface area contributed by atoms with E-state index in [0.29, 0.717) is 0 Å². The summed E-state index contributed by atoms with van der Waals surface area (Å²) in [5, 5.41) is 9.76. The van der Waals surface area contributed by atoms with Crippen LogP contribution in [0.25, 0.3) is 0 Å². The smallest absolute Gasteiger partial charge is 0.122 e. The van der Waals surface area contributed by atoms with Gasteiger partial charge >= 0.3 is 0 Å². The molecule has 3 heteroatoms. The number of rotatable bonds is 4. The van der Waals surface area contributed by atoms with Gasteiger partial charge in [0.2, 0.25) is 0 Å². The number of aryl methyl sites for hydroxylation is 1. The zero-order valence-corrected chi connectivity index (χ0v) is 11.4. The van der Waals surface area contributed by atoms with Gasteiger partial charge in [0.05, 0.1) is 19.8 Å². The van der Waals surface area contributed by atoms with E-state index in [1.165, 1.54) is 5.56 Å². The number of methoxy groups -OCH3 is 1. The fourth-order valence-electron chi connectivity index (χ4n) is 2.74. The van der Waals surface area contributed by atoms with Crippen LogP contribution in [0.1, 0.15) is 24.5 Å². The summed E-state index contributed by atoms with van der Waals surface area (Å²) in [4.78, 5) is 0. The summed E-state index contributed by atoms with van der Waals surface area (Å²) in [6, 6.07) is 6.18. The molecule has 0 aliphatic carbocycles. The Morgan fingerprint density at radius 1 is 1.50 bits per heavy atom. The molecule has 3 nitrogen and oxygen atoms in total. The van der Waals surface area contributed by atoms with Crippen LogP contribution in [-0.4, -0.2) is 31.5 Å². The summed E-state index contributed by atoms with van der Waals surface area (Å²) in [6.07, 6.45) is 1.80. The molecule has 1 saturated heterocycles. The van der Waals surface area contributed by atoms with Crippen molar-refractivity contribution in [1.82, 2.24) is 0 Å². The summed E-state index contributed by atoms with van der Waals surface area (Å²) in [6.45, 7) is 5.01. The van der Waals surface area contributed by atoms with Crippen LogP contribution < -0.4 is 4.74 Å². The number of ether oxygens (including phenoxy) is 2. The molecule has 0 spiro atoms. The Morgan fingerprint density at radius 3 is 2.83 bits per heavy atom. The monoisotopic (exact) mass is 250 g/mol. The normalized spacial score (nSPS) is 27.4. The Hall–Kier alpha value is -1.06. The van der Waals surface area contributed by atoms with E-state index >= 15 is 0 Å². The lowest BCUT2D eigenvalue weighted by Crippen LogP contribution is -2.35. The predicted octanol–water partition coefficient (Wildman–Crippen LogP) is 2.33. The van der Waals surface area contributed by atoms with Gasteiger partial charge in [-0.3, -0.25) is 0 Å². The number of hydrogen-bond acceptors (Lipinski definition) is 3. The third-order valence-electron chi connectivity index (χ3n) is 4.12. The van der Waals surface area contributed by atoms with Crippen molar-refractivity contribution in [3.05, 3.63) is 29.3 Å².